The summed E-state index contributed by atoms with van der Waals surface area (Å²) in [7, 11) is 0. The van der Waals surface area contributed by atoms with E-state index in [1.54, 1.807) is 0 Å². The minimum Gasteiger partial charge on any atom is -0.326 e. The predicted molar refractivity (Wildman–Crippen MR) is 82.7 cm³/mol. The van der Waals surface area contributed by atoms with Gasteiger partial charge in [-0.3, -0.25) is 9.69 Å². The van der Waals surface area contributed by atoms with Crippen LogP contribution in [0.3, 0.4) is 0 Å². The van der Waals surface area contributed by atoms with Crippen molar-refractivity contribution < 1.29 is 4.79 Å². The van der Waals surface area contributed by atoms with Crippen LogP contribution in [0, 0.1) is 0 Å². The number of amides is 1. The quantitative estimate of drug-likeness (QED) is 0.866. The summed E-state index contributed by atoms with van der Waals surface area (Å²) in [6, 6.07) is 8.80. The Morgan fingerprint density at radius 1 is 1.40 bits per heavy atom. The summed E-state index contributed by atoms with van der Waals surface area (Å²) in [6.45, 7) is 8.05. The molecule has 110 valence electrons. The largest absolute Gasteiger partial charge is 0.326 e. The lowest BCUT2D eigenvalue weighted by Gasteiger charge is -2.34. The molecule has 0 spiro atoms. The molecule has 0 aliphatic carbocycles. The molecule has 1 aliphatic rings. The first kappa shape index (κ1) is 15.0. The summed E-state index contributed by atoms with van der Waals surface area (Å²) in [4.78, 5) is 13.5. The van der Waals surface area contributed by atoms with Crippen LogP contribution in [0.5, 0.6) is 0 Å². The lowest BCUT2D eigenvalue weighted by atomic mass is 10.0. The van der Waals surface area contributed by atoms with E-state index in [0.29, 0.717) is 6.04 Å². The minimum atomic E-state index is -0.0267. The van der Waals surface area contributed by atoms with E-state index < -0.39 is 0 Å². The minimum absolute atomic E-state index is 0.0267. The number of hydrogen-bond donors (Lipinski definition) is 2. The van der Waals surface area contributed by atoms with Crippen molar-refractivity contribution >= 4 is 11.6 Å². The zero-order valence-electron chi connectivity index (χ0n) is 12.5. The lowest BCUT2D eigenvalue weighted by Crippen LogP contribution is -2.45. The van der Waals surface area contributed by atoms with Gasteiger partial charge in [-0.15, -0.1) is 0 Å². The van der Waals surface area contributed by atoms with E-state index in [2.05, 4.69) is 34.6 Å². The molecule has 4 nitrogen and oxygen atoms in total. The Bertz CT molecular complexity index is 424. The Labute approximate surface area is 121 Å². The van der Waals surface area contributed by atoms with Gasteiger partial charge >= 0.3 is 0 Å². The molecule has 1 amide bonds. The van der Waals surface area contributed by atoms with Crippen molar-refractivity contribution in [2.75, 3.05) is 25.0 Å². The molecule has 0 radical (unpaired) electrons. The fraction of sp³-hybridized carbons (Fsp3) is 0.562. The fourth-order valence-corrected chi connectivity index (χ4v) is 2.78. The number of nitrogens with zero attached hydrogens (tertiary/aromatic N) is 1. The van der Waals surface area contributed by atoms with E-state index >= 15 is 0 Å². The third kappa shape index (κ3) is 4.32. The second kappa shape index (κ2) is 7.41. The van der Waals surface area contributed by atoms with Gasteiger partial charge in [0.25, 0.3) is 0 Å². The zero-order chi connectivity index (χ0) is 14.4. The van der Waals surface area contributed by atoms with E-state index in [4.69, 9.17) is 0 Å². The number of anilines is 1. The van der Waals surface area contributed by atoms with Crippen molar-refractivity contribution in [3.8, 4) is 0 Å². The van der Waals surface area contributed by atoms with Crippen LogP contribution in [-0.2, 0) is 11.3 Å². The highest BCUT2D eigenvalue weighted by Crippen LogP contribution is 2.16. The monoisotopic (exact) mass is 275 g/mol. The molecule has 2 rings (SSSR count). The number of benzene rings is 1. The lowest BCUT2D eigenvalue weighted by molar-refractivity contribution is -0.114. The Kier molecular flexibility index (Phi) is 5.56. The SMILES string of the molecule is CCN(Cc1ccc(NC(C)=O)cc1)C1CCCNC1. The van der Waals surface area contributed by atoms with Gasteiger partial charge in [-0.25, -0.2) is 0 Å². The molecule has 4 heteroatoms. The molecular formula is C16H25N3O. The van der Waals surface area contributed by atoms with Gasteiger partial charge in [0.2, 0.25) is 5.91 Å². The Balaban J connectivity index is 1.94. The molecule has 1 aromatic carbocycles. The summed E-state index contributed by atoms with van der Waals surface area (Å²) in [5, 5.41) is 6.28. The third-order valence-corrected chi connectivity index (χ3v) is 3.85. The Morgan fingerprint density at radius 2 is 2.15 bits per heavy atom. The zero-order valence-corrected chi connectivity index (χ0v) is 12.5. The van der Waals surface area contributed by atoms with Crippen molar-refractivity contribution in [2.45, 2.75) is 39.3 Å². The number of carbonyl (C=O) groups excluding carboxylic acids is 1. The second-order valence-corrected chi connectivity index (χ2v) is 5.44. The van der Waals surface area contributed by atoms with Crippen molar-refractivity contribution in [1.29, 1.82) is 0 Å². The van der Waals surface area contributed by atoms with Gasteiger partial charge in [0.05, 0.1) is 0 Å². The number of piperidine rings is 1. The van der Waals surface area contributed by atoms with Gasteiger partial charge in [-0.1, -0.05) is 19.1 Å². The highest BCUT2D eigenvalue weighted by atomic mass is 16.1. The maximum absolute atomic E-state index is 11.0. The van der Waals surface area contributed by atoms with Crippen LogP contribution in [0.1, 0.15) is 32.3 Å². The van der Waals surface area contributed by atoms with Crippen LogP contribution in [0.4, 0.5) is 5.69 Å². The van der Waals surface area contributed by atoms with E-state index in [0.717, 1.165) is 31.9 Å². The molecule has 0 aromatic heterocycles. The van der Waals surface area contributed by atoms with Crippen LogP contribution < -0.4 is 10.6 Å². The maximum Gasteiger partial charge on any atom is 0.221 e. The number of nitrogens with one attached hydrogen (secondary N) is 2. The van der Waals surface area contributed by atoms with Crippen LogP contribution in [-0.4, -0.2) is 36.5 Å². The third-order valence-electron chi connectivity index (χ3n) is 3.85. The molecule has 2 N–H and O–H groups in total. The van der Waals surface area contributed by atoms with Gasteiger partial charge in [0, 0.05) is 31.7 Å². The van der Waals surface area contributed by atoms with Crippen molar-refractivity contribution in [3.05, 3.63) is 29.8 Å². The summed E-state index contributed by atoms with van der Waals surface area (Å²) < 4.78 is 0. The summed E-state index contributed by atoms with van der Waals surface area (Å²) in [5.74, 6) is -0.0267. The maximum atomic E-state index is 11.0. The fourth-order valence-electron chi connectivity index (χ4n) is 2.78. The van der Waals surface area contributed by atoms with Gasteiger partial charge in [0.1, 0.15) is 0 Å². The number of carbonyl (C=O) groups is 1. The van der Waals surface area contributed by atoms with E-state index in [1.165, 1.54) is 25.3 Å². The van der Waals surface area contributed by atoms with E-state index in [1.807, 2.05) is 12.1 Å². The average molecular weight is 275 g/mol. The Hall–Kier alpha value is -1.39. The molecule has 1 aromatic rings. The number of rotatable bonds is 5. The average Bonchev–Trinajstić information content (AvgIpc) is 2.47. The molecule has 1 fully saturated rings. The second-order valence-electron chi connectivity index (χ2n) is 5.44. The van der Waals surface area contributed by atoms with Crippen LogP contribution in [0.15, 0.2) is 24.3 Å². The molecule has 1 unspecified atom stereocenters. The number of hydrogen-bond acceptors (Lipinski definition) is 3. The van der Waals surface area contributed by atoms with Crippen molar-refractivity contribution in [2.24, 2.45) is 0 Å². The highest BCUT2D eigenvalue weighted by molar-refractivity contribution is 5.88. The highest BCUT2D eigenvalue weighted by Gasteiger charge is 2.19. The molecule has 1 aliphatic heterocycles. The Morgan fingerprint density at radius 3 is 2.70 bits per heavy atom. The van der Waals surface area contributed by atoms with Crippen molar-refractivity contribution in [3.63, 3.8) is 0 Å². The summed E-state index contributed by atoms with van der Waals surface area (Å²) in [6.07, 6.45) is 2.55. The predicted octanol–water partition coefficient (Wildman–Crippen LogP) is 2.22. The molecule has 20 heavy (non-hydrogen) atoms. The van der Waals surface area contributed by atoms with Crippen LogP contribution in [0.25, 0.3) is 0 Å². The summed E-state index contributed by atoms with van der Waals surface area (Å²) in [5.41, 5.74) is 2.16. The molecule has 0 bridgehead atoms. The van der Waals surface area contributed by atoms with E-state index in [9.17, 15) is 4.79 Å². The number of likely N-dealkylation sites (N-methyl/N-ethyl adjacent to an activating group) is 1. The first-order valence-corrected chi connectivity index (χ1v) is 7.50. The van der Waals surface area contributed by atoms with Gasteiger partial charge < -0.3 is 10.6 Å². The first-order chi connectivity index (χ1) is 9.69. The topological polar surface area (TPSA) is 44.4 Å². The molecule has 1 saturated heterocycles. The van der Waals surface area contributed by atoms with Gasteiger partial charge in [-0.05, 0) is 43.6 Å². The first-order valence-electron chi connectivity index (χ1n) is 7.50. The molecule has 1 atom stereocenters. The van der Waals surface area contributed by atoms with E-state index in [-0.39, 0.29) is 5.91 Å². The smallest absolute Gasteiger partial charge is 0.221 e. The van der Waals surface area contributed by atoms with Crippen LogP contribution >= 0.6 is 0 Å². The standard InChI is InChI=1S/C16H25N3O/c1-3-19(16-5-4-10-17-11-16)12-14-6-8-15(9-7-14)18-13(2)20/h6-9,16-17H,3-5,10-12H2,1-2H3,(H,18,20). The van der Waals surface area contributed by atoms with Gasteiger partial charge in [-0.2, -0.15) is 0 Å². The molecular weight excluding hydrogens is 250 g/mol. The normalized spacial score (nSPS) is 19.1. The summed E-state index contributed by atoms with van der Waals surface area (Å²) >= 11 is 0. The van der Waals surface area contributed by atoms with Crippen molar-refractivity contribution in [1.82, 2.24) is 10.2 Å². The molecule has 1 heterocycles. The van der Waals surface area contributed by atoms with Gasteiger partial charge in [0.15, 0.2) is 0 Å². The molecule has 0 saturated carbocycles. The van der Waals surface area contributed by atoms with Crippen LogP contribution in [0.2, 0.25) is 0 Å².